The molecule has 3 nitrogen and oxygen atoms in total. The molecule has 0 saturated carbocycles. The van der Waals surface area contributed by atoms with Gasteiger partial charge in [0.1, 0.15) is 0 Å². The predicted molar refractivity (Wildman–Crippen MR) is 89.9 cm³/mol. The van der Waals surface area contributed by atoms with Gasteiger partial charge in [-0.3, -0.25) is 0 Å². The smallest absolute Gasteiger partial charge is 0.178 e. The van der Waals surface area contributed by atoms with Crippen LogP contribution in [0.2, 0.25) is 0 Å². The number of hydrogen-bond donors (Lipinski definition) is 0. The van der Waals surface area contributed by atoms with Crippen LogP contribution in [0.25, 0.3) is 0 Å². The van der Waals surface area contributed by atoms with Crippen LogP contribution < -0.4 is 15.6 Å². The molecule has 3 aromatic rings. The Labute approximate surface area is 126 Å². The minimum Gasteiger partial charge on any atom is -0.308 e. The summed E-state index contributed by atoms with van der Waals surface area (Å²) in [6.07, 6.45) is 0. The average Bonchev–Trinajstić information content (AvgIpc) is 2.87. The van der Waals surface area contributed by atoms with Crippen LogP contribution in [0.5, 0.6) is 0 Å². The average molecular weight is 314 g/mol. The number of aromatic nitrogens is 2. The summed E-state index contributed by atoms with van der Waals surface area (Å²) in [4.78, 5) is 0. The lowest BCUT2D eigenvalue weighted by Gasteiger charge is -2.18. The van der Waals surface area contributed by atoms with Crippen LogP contribution in [-0.4, -0.2) is 9.54 Å². The van der Waals surface area contributed by atoms with E-state index in [1.54, 1.807) is 0 Å². The highest BCUT2D eigenvalue weighted by Gasteiger charge is 2.33. The Morgan fingerprint density at radius 3 is 1.81 bits per heavy atom. The van der Waals surface area contributed by atoms with E-state index in [1.165, 1.54) is 0 Å². The normalized spacial score (nSPS) is 11.9. The summed E-state index contributed by atoms with van der Waals surface area (Å²) in [7, 11) is -0.0357. The van der Waals surface area contributed by atoms with Crippen LogP contribution >= 0.6 is 15.5 Å². The van der Waals surface area contributed by atoms with Crippen molar-refractivity contribution in [3.05, 3.63) is 66.4 Å². The van der Waals surface area contributed by atoms with Gasteiger partial charge in [-0.2, -0.15) is 5.10 Å². The lowest BCUT2D eigenvalue weighted by molar-refractivity contribution is 0.592. The fraction of sp³-hybridized carbons (Fsp3) is 0.125. The minimum atomic E-state index is -2.83. The summed E-state index contributed by atoms with van der Waals surface area (Å²) >= 11 is 0. The molecule has 0 radical (unpaired) electrons. The maximum Gasteiger partial charge on any atom is 0.178 e. The zero-order valence-electron chi connectivity index (χ0n) is 12.0. The van der Waals surface area contributed by atoms with Crippen molar-refractivity contribution >= 4 is 31.1 Å². The number of benzene rings is 2. The van der Waals surface area contributed by atoms with Gasteiger partial charge in [-0.25, -0.2) is 4.44 Å². The van der Waals surface area contributed by atoms with Crippen LogP contribution in [0.15, 0.2) is 60.7 Å². The highest BCUT2D eigenvalue weighted by molar-refractivity contribution is 7.90. The largest absolute Gasteiger partial charge is 0.308 e. The number of nitrogens with zero attached hydrogens (tertiary/aromatic N) is 2. The molecule has 0 unspecified atom stereocenters. The second-order valence-electron chi connectivity index (χ2n) is 4.88. The van der Waals surface area contributed by atoms with Crippen LogP contribution in [-0.2, 0) is 11.6 Å². The van der Waals surface area contributed by atoms with Crippen LogP contribution in [0.3, 0.4) is 0 Å². The molecule has 2 aromatic carbocycles. The first-order valence-electron chi connectivity index (χ1n) is 6.72. The van der Waals surface area contributed by atoms with Crippen molar-refractivity contribution in [1.82, 2.24) is 9.54 Å². The first-order chi connectivity index (χ1) is 10.1. The number of rotatable bonds is 3. The molecule has 0 aliphatic carbocycles. The van der Waals surface area contributed by atoms with Crippen molar-refractivity contribution in [2.75, 3.05) is 0 Å². The molecular weight excluding hydrogens is 298 g/mol. The van der Waals surface area contributed by atoms with E-state index in [-0.39, 0.29) is 0 Å². The van der Waals surface area contributed by atoms with Crippen molar-refractivity contribution in [3.63, 3.8) is 0 Å². The van der Waals surface area contributed by atoms with Crippen molar-refractivity contribution in [3.8, 4) is 0 Å². The van der Waals surface area contributed by atoms with Gasteiger partial charge in [-0.05, 0) is 6.92 Å². The maximum absolute atomic E-state index is 14.0. The quantitative estimate of drug-likeness (QED) is 0.697. The van der Waals surface area contributed by atoms with E-state index >= 15 is 0 Å². The fourth-order valence-electron chi connectivity index (χ4n) is 2.45. The minimum absolute atomic E-state index is 0.857. The Balaban J connectivity index is 2.31. The van der Waals surface area contributed by atoms with E-state index in [9.17, 15) is 4.57 Å². The number of hydrogen-bond acceptors (Lipinski definition) is 2. The topological polar surface area (TPSA) is 34.9 Å². The lowest BCUT2D eigenvalue weighted by Crippen LogP contribution is -2.24. The third kappa shape index (κ3) is 2.48. The van der Waals surface area contributed by atoms with E-state index in [0.29, 0.717) is 0 Å². The SMILES string of the molecule is Cc1nn(C)pc1P(=O)(c1ccccc1)c1ccccc1. The van der Waals surface area contributed by atoms with Gasteiger partial charge in [0.15, 0.2) is 7.14 Å². The Bertz CT molecular complexity index is 754. The zero-order valence-corrected chi connectivity index (χ0v) is 13.8. The highest BCUT2D eigenvalue weighted by atomic mass is 31.2. The van der Waals surface area contributed by atoms with Gasteiger partial charge in [0.05, 0.1) is 10.7 Å². The van der Waals surface area contributed by atoms with Crippen LogP contribution in [0.4, 0.5) is 0 Å². The Morgan fingerprint density at radius 1 is 0.952 bits per heavy atom. The molecule has 0 amide bonds. The zero-order chi connectivity index (χ0) is 14.9. The Kier molecular flexibility index (Phi) is 3.80. The van der Waals surface area contributed by atoms with Gasteiger partial charge >= 0.3 is 0 Å². The summed E-state index contributed by atoms with van der Waals surface area (Å²) in [6, 6.07) is 19.4. The first kappa shape index (κ1) is 14.3. The van der Waals surface area contributed by atoms with Crippen molar-refractivity contribution in [2.24, 2.45) is 7.05 Å². The molecule has 0 N–H and O–H groups in total. The van der Waals surface area contributed by atoms with E-state index in [0.717, 1.165) is 29.7 Å². The molecule has 0 aliphatic rings. The Hall–Kier alpha value is -1.69. The summed E-state index contributed by atoms with van der Waals surface area (Å²) in [5.41, 5.74) is 0.857. The molecule has 3 rings (SSSR count). The molecule has 0 saturated heterocycles. The molecule has 21 heavy (non-hydrogen) atoms. The van der Waals surface area contributed by atoms with Gasteiger partial charge in [-0.15, -0.1) is 0 Å². The molecule has 0 fully saturated rings. The second kappa shape index (κ2) is 5.60. The van der Waals surface area contributed by atoms with Crippen molar-refractivity contribution in [1.29, 1.82) is 0 Å². The third-order valence-electron chi connectivity index (χ3n) is 3.40. The van der Waals surface area contributed by atoms with E-state index in [1.807, 2.05) is 79.1 Å². The van der Waals surface area contributed by atoms with Crippen molar-refractivity contribution in [2.45, 2.75) is 6.92 Å². The van der Waals surface area contributed by atoms with Gasteiger partial charge in [0.2, 0.25) is 0 Å². The van der Waals surface area contributed by atoms with Gasteiger partial charge in [-0.1, -0.05) is 60.7 Å². The van der Waals surface area contributed by atoms with Gasteiger partial charge in [0, 0.05) is 26.0 Å². The molecule has 0 aliphatic heterocycles. The predicted octanol–water partition coefficient (Wildman–Crippen LogP) is 2.95. The summed E-state index contributed by atoms with van der Waals surface area (Å²) in [6.45, 7) is 1.93. The molecule has 0 spiro atoms. The van der Waals surface area contributed by atoms with Crippen LogP contribution in [0.1, 0.15) is 5.69 Å². The molecule has 106 valence electrons. The van der Waals surface area contributed by atoms with Gasteiger partial charge in [0.25, 0.3) is 0 Å². The fourth-order valence-corrected chi connectivity index (χ4v) is 7.15. The molecule has 0 bridgehead atoms. The maximum atomic E-state index is 14.0. The summed E-state index contributed by atoms with van der Waals surface area (Å²) in [5, 5.41) is 7.05. The molecule has 0 atom stereocenters. The lowest BCUT2D eigenvalue weighted by atomic mass is 10.4. The van der Waals surface area contributed by atoms with Crippen LogP contribution in [0, 0.1) is 6.92 Å². The highest BCUT2D eigenvalue weighted by Crippen LogP contribution is 2.45. The van der Waals surface area contributed by atoms with E-state index in [4.69, 9.17) is 0 Å². The third-order valence-corrected chi connectivity index (χ3v) is 8.37. The number of aryl methyl sites for hydroxylation is 2. The standard InChI is InChI=1S/C16H16N2OP2/c1-13-16(20-18(2)17-13)21(19,14-9-5-3-6-10-14)15-11-7-4-8-12-15/h3-12H,1-2H3. The Morgan fingerprint density at radius 2 is 1.43 bits per heavy atom. The first-order valence-corrected chi connectivity index (χ1v) is 9.27. The molecule has 5 heteroatoms. The van der Waals surface area contributed by atoms with E-state index < -0.39 is 7.14 Å². The van der Waals surface area contributed by atoms with E-state index in [2.05, 4.69) is 5.10 Å². The van der Waals surface area contributed by atoms with Crippen molar-refractivity contribution < 1.29 is 4.57 Å². The summed E-state index contributed by atoms with van der Waals surface area (Å²) in [5.74, 6) is 0. The second-order valence-corrected chi connectivity index (χ2v) is 9.16. The monoisotopic (exact) mass is 314 g/mol. The van der Waals surface area contributed by atoms with Gasteiger partial charge < -0.3 is 4.57 Å². The summed E-state index contributed by atoms with van der Waals surface area (Å²) < 4.78 is 15.8. The molecule has 1 aromatic heterocycles. The molecular formula is C16H16N2OP2. The molecule has 1 heterocycles.